The number of esters is 1. The van der Waals surface area contributed by atoms with E-state index in [-0.39, 0.29) is 6.03 Å². The third kappa shape index (κ3) is 3.79. The molecular formula is C20H22N2O4. The van der Waals surface area contributed by atoms with E-state index in [0.29, 0.717) is 30.3 Å². The normalized spacial score (nSPS) is 16.2. The van der Waals surface area contributed by atoms with Crippen LogP contribution in [0.3, 0.4) is 0 Å². The van der Waals surface area contributed by atoms with Crippen LogP contribution in [-0.4, -0.2) is 44.2 Å². The van der Waals surface area contributed by atoms with Crippen molar-refractivity contribution >= 4 is 17.7 Å². The van der Waals surface area contributed by atoms with E-state index < -0.39 is 5.97 Å². The number of ether oxygens (including phenoxy) is 2. The van der Waals surface area contributed by atoms with E-state index in [4.69, 9.17) is 9.47 Å². The minimum atomic E-state index is -0.474. The van der Waals surface area contributed by atoms with Crippen molar-refractivity contribution in [2.75, 3.05) is 32.6 Å². The number of para-hydroxylation sites is 1. The summed E-state index contributed by atoms with van der Waals surface area (Å²) in [7, 11) is 2.96. The summed E-state index contributed by atoms with van der Waals surface area (Å²) in [6.07, 6.45) is 0.901. The molecule has 6 heteroatoms. The molecule has 0 aliphatic carbocycles. The number of amides is 2. The molecule has 1 fully saturated rings. The summed E-state index contributed by atoms with van der Waals surface area (Å²) in [5, 5.41) is 2.82. The number of anilines is 1. The van der Waals surface area contributed by atoms with Gasteiger partial charge in [-0.05, 0) is 36.2 Å². The van der Waals surface area contributed by atoms with Crippen LogP contribution in [0, 0.1) is 0 Å². The number of hydrogen-bond acceptors (Lipinski definition) is 4. The Balaban J connectivity index is 1.66. The molecule has 0 radical (unpaired) electrons. The molecule has 3 rings (SSSR count). The fourth-order valence-corrected chi connectivity index (χ4v) is 3.17. The number of hydrogen-bond donors (Lipinski definition) is 1. The Bertz CT molecular complexity index is 789. The molecule has 0 spiro atoms. The predicted molar refractivity (Wildman–Crippen MR) is 98.7 cm³/mol. The molecule has 1 unspecified atom stereocenters. The van der Waals surface area contributed by atoms with Gasteiger partial charge >= 0.3 is 12.0 Å². The van der Waals surface area contributed by atoms with Gasteiger partial charge in [0.15, 0.2) is 0 Å². The fraction of sp³-hybridized carbons (Fsp3) is 0.300. The van der Waals surface area contributed by atoms with Gasteiger partial charge in [0, 0.05) is 19.0 Å². The third-order valence-electron chi connectivity index (χ3n) is 4.64. The summed E-state index contributed by atoms with van der Waals surface area (Å²) in [5.41, 5.74) is 1.99. The molecule has 2 amide bonds. The number of methoxy groups -OCH3 is 2. The minimum absolute atomic E-state index is 0.211. The number of nitrogens with zero attached hydrogens (tertiary/aromatic N) is 1. The van der Waals surface area contributed by atoms with Crippen LogP contribution in [-0.2, 0) is 4.74 Å². The Morgan fingerprint density at radius 3 is 2.50 bits per heavy atom. The van der Waals surface area contributed by atoms with E-state index in [1.165, 1.54) is 12.7 Å². The summed E-state index contributed by atoms with van der Waals surface area (Å²) < 4.78 is 9.95. The lowest BCUT2D eigenvalue weighted by atomic mass is 9.98. The summed E-state index contributed by atoms with van der Waals surface area (Å²) in [5.74, 6) is 0.640. The smallest absolute Gasteiger partial charge is 0.339 e. The molecule has 26 heavy (non-hydrogen) atoms. The molecule has 0 aromatic heterocycles. The first-order chi connectivity index (χ1) is 12.6. The van der Waals surface area contributed by atoms with Gasteiger partial charge in [-0.15, -0.1) is 0 Å². The number of carbonyl (C=O) groups excluding carboxylic acids is 2. The molecule has 1 N–H and O–H groups in total. The van der Waals surface area contributed by atoms with Crippen LogP contribution in [0.1, 0.15) is 28.3 Å². The highest BCUT2D eigenvalue weighted by molar-refractivity contribution is 6.00. The van der Waals surface area contributed by atoms with Crippen molar-refractivity contribution in [3.8, 4) is 5.75 Å². The zero-order valence-corrected chi connectivity index (χ0v) is 14.9. The summed E-state index contributed by atoms with van der Waals surface area (Å²) in [6, 6.07) is 14.6. The molecule has 2 aromatic carbocycles. The topological polar surface area (TPSA) is 67.9 Å². The van der Waals surface area contributed by atoms with Crippen molar-refractivity contribution in [3.05, 3.63) is 59.7 Å². The monoisotopic (exact) mass is 354 g/mol. The average molecular weight is 354 g/mol. The van der Waals surface area contributed by atoms with Crippen LogP contribution in [0.2, 0.25) is 0 Å². The van der Waals surface area contributed by atoms with Crippen molar-refractivity contribution in [3.63, 3.8) is 0 Å². The van der Waals surface area contributed by atoms with Gasteiger partial charge in [-0.1, -0.05) is 24.3 Å². The first-order valence-electron chi connectivity index (χ1n) is 8.49. The van der Waals surface area contributed by atoms with Crippen molar-refractivity contribution in [1.82, 2.24) is 4.90 Å². The second-order valence-corrected chi connectivity index (χ2v) is 6.17. The largest absolute Gasteiger partial charge is 0.497 e. The molecule has 1 aliphatic rings. The SMILES string of the molecule is COC(=O)c1ccccc1NC(=O)N1CCC(c2ccc(OC)cc2)C1. The molecule has 1 atom stereocenters. The van der Waals surface area contributed by atoms with E-state index in [1.54, 1.807) is 36.3 Å². The second-order valence-electron chi connectivity index (χ2n) is 6.17. The number of benzene rings is 2. The zero-order chi connectivity index (χ0) is 18.5. The van der Waals surface area contributed by atoms with Crippen LogP contribution in [0.15, 0.2) is 48.5 Å². The van der Waals surface area contributed by atoms with Gasteiger partial charge in [0.1, 0.15) is 5.75 Å². The van der Waals surface area contributed by atoms with E-state index >= 15 is 0 Å². The lowest BCUT2D eigenvalue weighted by molar-refractivity contribution is 0.0602. The first kappa shape index (κ1) is 17.8. The van der Waals surface area contributed by atoms with E-state index in [0.717, 1.165) is 12.2 Å². The van der Waals surface area contributed by atoms with Gasteiger partial charge in [-0.3, -0.25) is 0 Å². The zero-order valence-electron chi connectivity index (χ0n) is 14.9. The van der Waals surface area contributed by atoms with Crippen LogP contribution in [0.4, 0.5) is 10.5 Å². The Labute approximate surface area is 152 Å². The number of urea groups is 1. The Morgan fingerprint density at radius 2 is 1.81 bits per heavy atom. The number of nitrogens with one attached hydrogen (secondary N) is 1. The molecule has 2 aromatic rings. The number of carbonyl (C=O) groups is 2. The molecule has 1 aliphatic heterocycles. The predicted octanol–water partition coefficient (Wildman–Crippen LogP) is 3.50. The maximum absolute atomic E-state index is 12.6. The highest BCUT2D eigenvalue weighted by Gasteiger charge is 2.28. The van der Waals surface area contributed by atoms with Gasteiger partial charge in [0.2, 0.25) is 0 Å². The summed E-state index contributed by atoms with van der Waals surface area (Å²) in [6.45, 7) is 1.31. The van der Waals surface area contributed by atoms with E-state index in [1.807, 2.05) is 24.3 Å². The Hall–Kier alpha value is -3.02. The molecule has 0 saturated carbocycles. The van der Waals surface area contributed by atoms with Gasteiger partial charge in [-0.25, -0.2) is 9.59 Å². The minimum Gasteiger partial charge on any atom is -0.497 e. The Kier molecular flexibility index (Phi) is 5.41. The molecule has 1 heterocycles. The maximum Gasteiger partial charge on any atom is 0.339 e. The number of rotatable bonds is 4. The van der Waals surface area contributed by atoms with Crippen molar-refractivity contribution in [1.29, 1.82) is 0 Å². The van der Waals surface area contributed by atoms with Crippen LogP contribution in [0.25, 0.3) is 0 Å². The molecule has 136 valence electrons. The molecule has 1 saturated heterocycles. The molecule has 0 bridgehead atoms. The fourth-order valence-electron chi connectivity index (χ4n) is 3.17. The van der Waals surface area contributed by atoms with Crippen LogP contribution in [0.5, 0.6) is 5.75 Å². The summed E-state index contributed by atoms with van der Waals surface area (Å²) >= 11 is 0. The van der Waals surface area contributed by atoms with Gasteiger partial charge < -0.3 is 19.7 Å². The lowest BCUT2D eigenvalue weighted by Gasteiger charge is -2.18. The average Bonchev–Trinajstić information content (AvgIpc) is 3.18. The second kappa shape index (κ2) is 7.91. The third-order valence-corrected chi connectivity index (χ3v) is 4.64. The van der Waals surface area contributed by atoms with Gasteiger partial charge in [-0.2, -0.15) is 0 Å². The standard InChI is InChI=1S/C20H22N2O4/c1-25-16-9-7-14(8-10-16)15-11-12-22(13-15)20(24)21-18-6-4-3-5-17(18)19(23)26-2/h3-10,15H,11-13H2,1-2H3,(H,21,24). The quantitative estimate of drug-likeness (QED) is 0.853. The van der Waals surface area contributed by atoms with Gasteiger partial charge in [0.05, 0.1) is 25.5 Å². The van der Waals surface area contributed by atoms with E-state index in [9.17, 15) is 9.59 Å². The highest BCUT2D eigenvalue weighted by atomic mass is 16.5. The van der Waals surface area contributed by atoms with Crippen LogP contribution < -0.4 is 10.1 Å². The van der Waals surface area contributed by atoms with E-state index in [2.05, 4.69) is 5.32 Å². The molecule has 6 nitrogen and oxygen atoms in total. The van der Waals surface area contributed by atoms with Crippen LogP contribution >= 0.6 is 0 Å². The molecular weight excluding hydrogens is 332 g/mol. The lowest BCUT2D eigenvalue weighted by Crippen LogP contribution is -2.33. The van der Waals surface area contributed by atoms with Crippen molar-refractivity contribution in [2.24, 2.45) is 0 Å². The van der Waals surface area contributed by atoms with Crippen molar-refractivity contribution in [2.45, 2.75) is 12.3 Å². The maximum atomic E-state index is 12.6. The van der Waals surface area contributed by atoms with Gasteiger partial charge in [0.25, 0.3) is 0 Å². The van der Waals surface area contributed by atoms with Crippen molar-refractivity contribution < 1.29 is 19.1 Å². The highest BCUT2D eigenvalue weighted by Crippen LogP contribution is 2.29. The Morgan fingerprint density at radius 1 is 1.08 bits per heavy atom. The summed E-state index contributed by atoms with van der Waals surface area (Å²) in [4.78, 5) is 26.2. The first-order valence-corrected chi connectivity index (χ1v) is 8.49. The number of likely N-dealkylation sites (tertiary alicyclic amines) is 1.